The number of benzene rings is 1. The van der Waals surface area contributed by atoms with E-state index in [2.05, 4.69) is 5.32 Å². The molecule has 6 atom stereocenters. The summed E-state index contributed by atoms with van der Waals surface area (Å²) in [6, 6.07) is 5.57. The van der Waals surface area contributed by atoms with Gasteiger partial charge in [0.25, 0.3) is 5.91 Å². The molecule has 2 bridgehead atoms. The Bertz CT molecular complexity index is 884. The minimum Gasteiger partial charge on any atom is -0.454 e. The first-order valence-corrected chi connectivity index (χ1v) is 10.7. The number of aryl methyl sites for hydroxylation is 2. The van der Waals surface area contributed by atoms with Crippen LogP contribution >= 0.6 is 23.2 Å². The second-order valence-corrected chi connectivity index (χ2v) is 9.36. The highest BCUT2D eigenvalue weighted by Crippen LogP contribution is 2.59. The van der Waals surface area contributed by atoms with Gasteiger partial charge in [-0.1, -0.05) is 6.07 Å². The van der Waals surface area contributed by atoms with Crippen LogP contribution in [0.5, 0.6) is 0 Å². The third-order valence-corrected chi connectivity index (χ3v) is 7.55. The molecule has 0 spiro atoms. The molecule has 1 aromatic rings. The summed E-state index contributed by atoms with van der Waals surface area (Å²) in [6.07, 6.45) is 0.659. The zero-order valence-electron chi connectivity index (χ0n) is 16.6. The highest BCUT2D eigenvalue weighted by Gasteiger charge is 2.66. The van der Waals surface area contributed by atoms with Crippen LogP contribution in [0.1, 0.15) is 17.5 Å². The fourth-order valence-electron chi connectivity index (χ4n) is 5.13. The molecule has 1 heterocycles. The number of carbonyl (C=O) groups is 4. The van der Waals surface area contributed by atoms with Crippen LogP contribution in [0.3, 0.4) is 0 Å². The van der Waals surface area contributed by atoms with E-state index in [1.165, 1.54) is 0 Å². The van der Waals surface area contributed by atoms with Gasteiger partial charge in [-0.25, -0.2) is 0 Å². The average molecular weight is 453 g/mol. The molecule has 1 saturated heterocycles. The second kappa shape index (κ2) is 7.85. The van der Waals surface area contributed by atoms with Crippen LogP contribution in [0.25, 0.3) is 0 Å². The van der Waals surface area contributed by atoms with E-state index in [0.717, 1.165) is 16.0 Å². The third-order valence-electron chi connectivity index (χ3n) is 6.24. The smallest absolute Gasteiger partial charge is 0.326 e. The molecule has 3 aliphatic rings. The van der Waals surface area contributed by atoms with E-state index in [9.17, 15) is 19.2 Å². The maximum atomic E-state index is 12.7. The topological polar surface area (TPSA) is 92.8 Å². The Hall–Kier alpha value is -2.12. The predicted octanol–water partition coefficient (Wildman–Crippen LogP) is 2.25. The third kappa shape index (κ3) is 3.58. The van der Waals surface area contributed by atoms with Crippen LogP contribution in [0.2, 0.25) is 0 Å². The lowest BCUT2D eigenvalue weighted by Gasteiger charge is -2.28. The van der Waals surface area contributed by atoms with E-state index in [1.54, 1.807) is 12.1 Å². The summed E-state index contributed by atoms with van der Waals surface area (Å²) in [5, 5.41) is 1.96. The number of imide groups is 1. The summed E-state index contributed by atoms with van der Waals surface area (Å²) >= 11 is 12.6. The van der Waals surface area contributed by atoms with Crippen molar-refractivity contribution in [1.29, 1.82) is 0 Å². The van der Waals surface area contributed by atoms with Crippen LogP contribution in [0.15, 0.2) is 18.2 Å². The molecule has 160 valence electrons. The van der Waals surface area contributed by atoms with Gasteiger partial charge in [-0.05, 0) is 55.4 Å². The van der Waals surface area contributed by atoms with Gasteiger partial charge in [0.15, 0.2) is 6.61 Å². The van der Waals surface area contributed by atoms with Crippen LogP contribution in [0, 0.1) is 37.5 Å². The highest BCUT2D eigenvalue weighted by molar-refractivity contribution is 6.31. The van der Waals surface area contributed by atoms with Gasteiger partial charge in [-0.3, -0.25) is 24.1 Å². The van der Waals surface area contributed by atoms with E-state index in [0.29, 0.717) is 12.1 Å². The highest BCUT2D eigenvalue weighted by atomic mass is 35.5. The minimum absolute atomic E-state index is 0.148. The summed E-state index contributed by atoms with van der Waals surface area (Å²) in [4.78, 5) is 50.6. The first kappa shape index (κ1) is 21.1. The van der Waals surface area contributed by atoms with E-state index in [-0.39, 0.29) is 22.6 Å². The van der Waals surface area contributed by atoms with Crippen molar-refractivity contribution in [3.63, 3.8) is 0 Å². The van der Waals surface area contributed by atoms with Crippen molar-refractivity contribution in [2.75, 3.05) is 18.5 Å². The number of nitrogens with zero attached hydrogens (tertiary/aromatic N) is 1. The molecule has 1 aliphatic heterocycles. The molecule has 3 amide bonds. The summed E-state index contributed by atoms with van der Waals surface area (Å²) < 4.78 is 4.98. The number of alkyl halides is 2. The Kier molecular flexibility index (Phi) is 5.53. The van der Waals surface area contributed by atoms with E-state index in [4.69, 9.17) is 27.9 Å². The van der Waals surface area contributed by atoms with Crippen LogP contribution in [-0.4, -0.2) is 52.5 Å². The Morgan fingerprint density at radius 3 is 2.10 bits per heavy atom. The van der Waals surface area contributed by atoms with Gasteiger partial charge in [0, 0.05) is 5.69 Å². The Labute approximate surface area is 184 Å². The lowest BCUT2D eigenvalue weighted by atomic mass is 9.80. The van der Waals surface area contributed by atoms with Gasteiger partial charge in [-0.15, -0.1) is 23.2 Å². The first-order valence-electron chi connectivity index (χ1n) is 9.84. The standard InChI is InChI=1S/C21H22Cl2N2O5/c1-9-3-10(2)5-11(4-9)24-14(26)8-30-15(27)7-25-20(28)16-12-6-13(17(16)21(25)29)19(23)18(12)22/h3-5,12-13,16-19H,6-8H2,1-2H3,(H,24,26)/t12-,13-,16-,17+,18+,19+/m1/s1. The quantitative estimate of drug-likeness (QED) is 0.420. The predicted molar refractivity (Wildman–Crippen MR) is 110 cm³/mol. The SMILES string of the molecule is Cc1cc(C)cc(NC(=O)COC(=O)CN2C(=O)[C@@H]3[C@H]4C[C@@H]([C@H](Cl)[C@H]4Cl)[C@@H]3C2=O)c1. The van der Waals surface area contributed by atoms with Gasteiger partial charge in [0.2, 0.25) is 11.8 Å². The van der Waals surface area contributed by atoms with Gasteiger partial charge in [0.1, 0.15) is 6.54 Å². The number of rotatable bonds is 5. The molecule has 3 fully saturated rings. The van der Waals surface area contributed by atoms with Gasteiger partial charge < -0.3 is 10.1 Å². The normalized spacial score (nSPS) is 31.8. The molecular weight excluding hydrogens is 431 g/mol. The molecule has 1 N–H and O–H groups in total. The zero-order chi connectivity index (χ0) is 21.7. The number of ether oxygens (including phenoxy) is 1. The van der Waals surface area contributed by atoms with Crippen molar-refractivity contribution in [2.45, 2.75) is 31.0 Å². The molecule has 9 heteroatoms. The first-order chi connectivity index (χ1) is 14.2. The van der Waals surface area contributed by atoms with Gasteiger partial charge in [0.05, 0.1) is 22.6 Å². The van der Waals surface area contributed by atoms with Crippen LogP contribution in [0.4, 0.5) is 5.69 Å². The van der Waals surface area contributed by atoms with E-state index in [1.807, 2.05) is 19.9 Å². The van der Waals surface area contributed by atoms with E-state index < -0.39 is 48.7 Å². The number of carbonyl (C=O) groups excluding carboxylic acids is 4. The number of nitrogens with one attached hydrogen (secondary N) is 1. The molecular formula is C21H22Cl2N2O5. The minimum atomic E-state index is -0.815. The fraction of sp³-hybridized carbons (Fsp3) is 0.524. The molecule has 0 aromatic heterocycles. The largest absolute Gasteiger partial charge is 0.454 e. The van der Waals surface area contributed by atoms with Crippen molar-refractivity contribution >= 4 is 52.6 Å². The fourth-order valence-corrected chi connectivity index (χ4v) is 6.02. The van der Waals surface area contributed by atoms with E-state index >= 15 is 0 Å². The monoisotopic (exact) mass is 452 g/mol. The lowest BCUT2D eigenvalue weighted by molar-refractivity contribution is -0.154. The summed E-state index contributed by atoms with van der Waals surface area (Å²) in [5.74, 6) is -3.44. The number of hydrogen-bond donors (Lipinski definition) is 1. The number of esters is 1. The Morgan fingerprint density at radius 1 is 1.03 bits per heavy atom. The number of anilines is 1. The Balaban J connectivity index is 1.32. The molecule has 0 radical (unpaired) electrons. The lowest BCUT2D eigenvalue weighted by Crippen LogP contribution is -2.38. The van der Waals surface area contributed by atoms with Gasteiger partial charge >= 0.3 is 5.97 Å². The zero-order valence-corrected chi connectivity index (χ0v) is 18.1. The molecule has 7 nitrogen and oxygen atoms in total. The molecule has 2 aliphatic carbocycles. The maximum Gasteiger partial charge on any atom is 0.326 e. The van der Waals surface area contributed by atoms with Crippen LogP contribution < -0.4 is 5.32 Å². The van der Waals surface area contributed by atoms with Crippen molar-refractivity contribution in [2.24, 2.45) is 23.7 Å². The summed E-state index contributed by atoms with van der Waals surface area (Å²) in [6.45, 7) is 2.80. The number of likely N-dealkylation sites (tertiary alicyclic amines) is 1. The second-order valence-electron chi connectivity index (χ2n) is 8.35. The summed E-state index contributed by atoms with van der Waals surface area (Å²) in [5.41, 5.74) is 2.59. The molecule has 0 unspecified atom stereocenters. The molecule has 2 saturated carbocycles. The molecule has 1 aromatic carbocycles. The van der Waals surface area contributed by atoms with Gasteiger partial charge in [-0.2, -0.15) is 0 Å². The maximum absolute atomic E-state index is 12.7. The number of halogens is 2. The average Bonchev–Trinajstić information content (AvgIpc) is 3.26. The molecule has 4 rings (SSSR count). The van der Waals surface area contributed by atoms with Crippen molar-refractivity contribution in [1.82, 2.24) is 4.90 Å². The Morgan fingerprint density at radius 2 is 1.57 bits per heavy atom. The van der Waals surface area contributed by atoms with Crippen LogP contribution in [-0.2, 0) is 23.9 Å². The van der Waals surface area contributed by atoms with Crippen molar-refractivity contribution < 1.29 is 23.9 Å². The number of amides is 3. The molecule has 30 heavy (non-hydrogen) atoms. The summed E-state index contributed by atoms with van der Waals surface area (Å²) in [7, 11) is 0. The van der Waals surface area contributed by atoms with Crippen molar-refractivity contribution in [3.05, 3.63) is 29.3 Å². The number of hydrogen-bond acceptors (Lipinski definition) is 5. The van der Waals surface area contributed by atoms with Crippen molar-refractivity contribution in [3.8, 4) is 0 Å². The number of fused-ring (bicyclic) bond motifs is 5.